The summed E-state index contributed by atoms with van der Waals surface area (Å²) < 4.78 is -0.242. The van der Waals surface area contributed by atoms with Crippen LogP contribution >= 0.6 is 11.8 Å². The highest BCUT2D eigenvalue weighted by Crippen LogP contribution is 2.34. The molecule has 20 heavy (non-hydrogen) atoms. The van der Waals surface area contributed by atoms with Crippen LogP contribution in [0, 0.1) is 11.3 Å². The molecule has 1 atom stereocenters. The van der Waals surface area contributed by atoms with Gasteiger partial charge >= 0.3 is 0 Å². The molecule has 1 unspecified atom stereocenters. The molecule has 0 radical (unpaired) electrons. The first-order valence-electron chi connectivity index (χ1n) is 7.56. The quantitative estimate of drug-likeness (QED) is 0.733. The van der Waals surface area contributed by atoms with Crippen LogP contribution in [0.1, 0.15) is 46.0 Å². The van der Waals surface area contributed by atoms with Gasteiger partial charge in [-0.3, -0.25) is 9.69 Å². The summed E-state index contributed by atoms with van der Waals surface area (Å²) in [6, 6.07) is 2.35. The number of likely N-dealkylation sites (tertiary alicyclic amines) is 1. The number of nitrogens with zero attached hydrogens (tertiary/aromatic N) is 2. The minimum Gasteiger partial charge on any atom is -0.355 e. The number of carbonyl (C=O) groups is 1. The van der Waals surface area contributed by atoms with Crippen LogP contribution in [-0.4, -0.2) is 47.5 Å². The van der Waals surface area contributed by atoms with E-state index < -0.39 is 0 Å². The van der Waals surface area contributed by atoms with Gasteiger partial charge in [-0.1, -0.05) is 19.8 Å². The number of nitrogens with one attached hydrogen (secondary N) is 1. The molecule has 0 aliphatic carbocycles. The summed E-state index contributed by atoms with van der Waals surface area (Å²) in [5, 5.41) is 12.3. The molecule has 1 amide bonds. The van der Waals surface area contributed by atoms with Gasteiger partial charge in [-0.2, -0.15) is 5.26 Å². The van der Waals surface area contributed by atoms with Crippen LogP contribution in [0.15, 0.2) is 0 Å². The predicted octanol–water partition coefficient (Wildman–Crippen LogP) is 2.40. The number of rotatable bonds is 7. The Morgan fingerprint density at radius 2 is 2.10 bits per heavy atom. The minimum atomic E-state index is -0.242. The van der Waals surface area contributed by atoms with E-state index in [0.717, 1.165) is 45.3 Å². The minimum absolute atomic E-state index is 0.0878. The number of hydrogen-bond acceptors (Lipinski definition) is 4. The third-order valence-corrected chi connectivity index (χ3v) is 5.49. The molecule has 0 aromatic heterocycles. The summed E-state index contributed by atoms with van der Waals surface area (Å²) in [6.07, 6.45) is 7.08. The molecular weight excluding hydrogens is 270 g/mol. The van der Waals surface area contributed by atoms with Crippen molar-refractivity contribution in [2.24, 2.45) is 0 Å². The van der Waals surface area contributed by atoms with Crippen LogP contribution in [0.4, 0.5) is 0 Å². The van der Waals surface area contributed by atoms with E-state index in [9.17, 15) is 10.1 Å². The maximum Gasteiger partial charge on any atom is 0.237 e. The molecule has 0 saturated carbocycles. The summed E-state index contributed by atoms with van der Waals surface area (Å²) in [6.45, 7) is 6.56. The lowest BCUT2D eigenvalue weighted by Crippen LogP contribution is -2.51. The monoisotopic (exact) mass is 297 g/mol. The van der Waals surface area contributed by atoms with Crippen LogP contribution in [0.5, 0.6) is 0 Å². The van der Waals surface area contributed by atoms with Crippen molar-refractivity contribution in [3.63, 3.8) is 0 Å². The van der Waals surface area contributed by atoms with Crippen LogP contribution in [-0.2, 0) is 4.79 Å². The second-order valence-electron chi connectivity index (χ2n) is 5.52. The van der Waals surface area contributed by atoms with Crippen molar-refractivity contribution in [3.8, 4) is 6.07 Å². The number of carbonyl (C=O) groups excluding carboxylic acids is 1. The number of unbranched alkanes of at least 4 members (excludes halogenated alkanes) is 2. The van der Waals surface area contributed by atoms with Crippen LogP contribution in [0.2, 0.25) is 0 Å². The molecule has 0 aromatic rings. The fraction of sp³-hybridized carbons (Fsp3) is 0.867. The molecule has 5 heteroatoms. The van der Waals surface area contributed by atoms with Crippen molar-refractivity contribution in [1.82, 2.24) is 10.2 Å². The Morgan fingerprint density at radius 1 is 1.45 bits per heavy atom. The topological polar surface area (TPSA) is 56.1 Å². The SMILES string of the molecule is CCCCCNC(=O)C(C)N1CCC(C#N)(SC)CC1. The van der Waals surface area contributed by atoms with Crippen molar-refractivity contribution in [2.45, 2.75) is 56.7 Å². The largest absolute Gasteiger partial charge is 0.355 e. The van der Waals surface area contributed by atoms with Crippen LogP contribution in [0.25, 0.3) is 0 Å². The Hall–Kier alpha value is -0.730. The van der Waals surface area contributed by atoms with E-state index in [1.54, 1.807) is 11.8 Å². The standard InChI is InChI=1S/C15H27N3OS/c1-4-5-6-9-17-14(19)13(2)18-10-7-15(12-16,20-3)8-11-18/h13H,4-11H2,1-3H3,(H,17,19). The average Bonchev–Trinajstić information content (AvgIpc) is 2.50. The zero-order chi connectivity index (χ0) is 15.0. The van der Waals surface area contributed by atoms with Crippen LogP contribution < -0.4 is 5.32 Å². The van der Waals surface area contributed by atoms with Crippen molar-refractivity contribution in [2.75, 3.05) is 25.9 Å². The molecule has 1 fully saturated rings. The molecule has 1 N–H and O–H groups in total. The number of piperidine rings is 1. The van der Waals surface area contributed by atoms with Crippen molar-refractivity contribution >= 4 is 17.7 Å². The van der Waals surface area contributed by atoms with E-state index in [0.29, 0.717) is 0 Å². The first-order valence-corrected chi connectivity index (χ1v) is 8.79. The first kappa shape index (κ1) is 17.3. The van der Waals surface area contributed by atoms with E-state index in [1.165, 1.54) is 6.42 Å². The lowest BCUT2D eigenvalue weighted by molar-refractivity contribution is -0.126. The van der Waals surface area contributed by atoms with Gasteiger partial charge in [-0.25, -0.2) is 0 Å². The number of nitriles is 1. The summed E-state index contributed by atoms with van der Waals surface area (Å²) in [7, 11) is 0. The molecule has 0 aromatic carbocycles. The van der Waals surface area contributed by atoms with Gasteiger partial charge in [0.15, 0.2) is 0 Å². The van der Waals surface area contributed by atoms with Gasteiger partial charge in [0.05, 0.1) is 12.1 Å². The van der Waals surface area contributed by atoms with E-state index in [-0.39, 0.29) is 16.7 Å². The number of hydrogen-bond donors (Lipinski definition) is 1. The maximum absolute atomic E-state index is 12.1. The third kappa shape index (κ3) is 4.68. The normalized spacial score (nSPS) is 20.1. The smallest absolute Gasteiger partial charge is 0.237 e. The van der Waals surface area contributed by atoms with Gasteiger partial charge < -0.3 is 5.32 Å². The lowest BCUT2D eigenvalue weighted by atomic mass is 9.96. The Balaban J connectivity index is 2.37. The second kappa shape index (κ2) is 8.53. The molecular formula is C15H27N3OS. The van der Waals surface area contributed by atoms with E-state index in [1.807, 2.05) is 13.2 Å². The Kier molecular flexibility index (Phi) is 7.39. The van der Waals surface area contributed by atoms with Gasteiger partial charge in [0.1, 0.15) is 4.75 Å². The van der Waals surface area contributed by atoms with E-state index in [2.05, 4.69) is 23.2 Å². The third-order valence-electron chi connectivity index (χ3n) is 4.21. The van der Waals surface area contributed by atoms with Gasteiger partial charge in [0, 0.05) is 19.6 Å². The van der Waals surface area contributed by atoms with E-state index in [4.69, 9.17) is 0 Å². The second-order valence-corrected chi connectivity index (χ2v) is 6.71. The molecule has 1 aliphatic heterocycles. The van der Waals surface area contributed by atoms with Gasteiger partial charge in [-0.15, -0.1) is 11.8 Å². The zero-order valence-corrected chi connectivity index (χ0v) is 13.8. The Morgan fingerprint density at radius 3 is 2.60 bits per heavy atom. The zero-order valence-electron chi connectivity index (χ0n) is 12.9. The number of thioether (sulfide) groups is 1. The van der Waals surface area contributed by atoms with Gasteiger partial charge in [0.2, 0.25) is 5.91 Å². The molecule has 1 rings (SSSR count). The molecule has 114 valence electrons. The van der Waals surface area contributed by atoms with Crippen molar-refractivity contribution < 1.29 is 4.79 Å². The number of amides is 1. The Bertz CT molecular complexity index is 346. The molecule has 1 aliphatic rings. The average molecular weight is 297 g/mol. The van der Waals surface area contributed by atoms with Crippen LogP contribution in [0.3, 0.4) is 0 Å². The highest BCUT2D eigenvalue weighted by molar-refractivity contribution is 8.00. The summed E-state index contributed by atoms with van der Waals surface area (Å²) in [4.78, 5) is 14.3. The highest BCUT2D eigenvalue weighted by Gasteiger charge is 2.36. The Labute approximate surface area is 127 Å². The lowest BCUT2D eigenvalue weighted by Gasteiger charge is -2.38. The van der Waals surface area contributed by atoms with E-state index >= 15 is 0 Å². The highest BCUT2D eigenvalue weighted by atomic mass is 32.2. The molecule has 0 spiro atoms. The molecule has 0 bridgehead atoms. The van der Waals surface area contributed by atoms with Gasteiger partial charge in [0.25, 0.3) is 0 Å². The van der Waals surface area contributed by atoms with Gasteiger partial charge in [-0.05, 0) is 32.4 Å². The fourth-order valence-electron chi connectivity index (χ4n) is 2.53. The molecule has 4 nitrogen and oxygen atoms in total. The molecule has 1 saturated heterocycles. The van der Waals surface area contributed by atoms with Crippen molar-refractivity contribution in [1.29, 1.82) is 5.26 Å². The fourth-order valence-corrected chi connectivity index (χ4v) is 3.22. The predicted molar refractivity (Wildman–Crippen MR) is 84.7 cm³/mol. The van der Waals surface area contributed by atoms with Crippen molar-refractivity contribution in [3.05, 3.63) is 0 Å². The summed E-state index contributed by atoms with van der Waals surface area (Å²) in [5.74, 6) is 0.120. The first-order chi connectivity index (χ1) is 9.58. The molecule has 1 heterocycles. The maximum atomic E-state index is 12.1. The summed E-state index contributed by atoms with van der Waals surface area (Å²) >= 11 is 1.65. The summed E-state index contributed by atoms with van der Waals surface area (Å²) in [5.41, 5.74) is 0.